The van der Waals surface area contributed by atoms with Crippen molar-refractivity contribution in [3.05, 3.63) is 51.4 Å². The molecule has 1 heterocycles. The Labute approximate surface area is 145 Å². The van der Waals surface area contributed by atoms with Crippen LogP contribution in [0.3, 0.4) is 0 Å². The third kappa shape index (κ3) is 5.21. The van der Waals surface area contributed by atoms with E-state index in [0.717, 1.165) is 25.3 Å². The Kier molecular flexibility index (Phi) is 6.89. The molecule has 2 aromatic carbocycles. The van der Waals surface area contributed by atoms with E-state index in [1.165, 1.54) is 12.0 Å². The lowest BCUT2D eigenvalue weighted by Gasteiger charge is -2.18. The van der Waals surface area contributed by atoms with Crippen LogP contribution in [0.2, 0.25) is 0 Å². The number of rotatable bonds is 2. The Bertz CT molecular complexity index is 576. The van der Waals surface area contributed by atoms with Gasteiger partial charge < -0.3 is 13.7 Å². The van der Waals surface area contributed by atoms with Gasteiger partial charge in [0.15, 0.2) is 11.5 Å². The molecule has 0 unspecified atom stereocenters. The Morgan fingerprint density at radius 3 is 2.38 bits per heavy atom. The SMILES string of the molecule is Brc1cccc2c1OCCO2.COSc1ccc(Br)cc1. The van der Waals surface area contributed by atoms with Crippen LogP contribution in [0, 0.1) is 0 Å². The number of fused-ring (bicyclic) bond motifs is 1. The molecule has 0 atom stereocenters. The molecule has 3 rings (SSSR count). The summed E-state index contributed by atoms with van der Waals surface area (Å²) in [5.74, 6) is 1.64. The first-order valence-electron chi connectivity index (χ1n) is 6.21. The Hall–Kier alpha value is -0.690. The second-order valence-corrected chi connectivity index (χ2v) is 6.71. The Balaban J connectivity index is 0.000000155. The summed E-state index contributed by atoms with van der Waals surface area (Å²) in [5.41, 5.74) is 0. The van der Waals surface area contributed by atoms with Gasteiger partial charge in [-0.3, -0.25) is 0 Å². The maximum atomic E-state index is 5.38. The fourth-order valence-electron chi connectivity index (χ4n) is 1.62. The number of hydrogen-bond acceptors (Lipinski definition) is 4. The van der Waals surface area contributed by atoms with Crippen molar-refractivity contribution in [1.82, 2.24) is 0 Å². The maximum Gasteiger partial charge on any atom is 0.175 e. The van der Waals surface area contributed by atoms with E-state index in [2.05, 4.69) is 31.9 Å². The van der Waals surface area contributed by atoms with Crippen molar-refractivity contribution in [3.63, 3.8) is 0 Å². The molecule has 0 amide bonds. The van der Waals surface area contributed by atoms with E-state index in [4.69, 9.17) is 13.7 Å². The van der Waals surface area contributed by atoms with Crippen molar-refractivity contribution >= 4 is 43.9 Å². The zero-order chi connectivity index (χ0) is 15.1. The highest BCUT2D eigenvalue weighted by Gasteiger charge is 2.12. The smallest absolute Gasteiger partial charge is 0.175 e. The van der Waals surface area contributed by atoms with Crippen LogP contribution in [0.1, 0.15) is 0 Å². The van der Waals surface area contributed by atoms with Crippen molar-refractivity contribution in [2.24, 2.45) is 0 Å². The molecule has 0 saturated carbocycles. The van der Waals surface area contributed by atoms with Crippen LogP contribution in [-0.2, 0) is 4.18 Å². The lowest BCUT2D eigenvalue weighted by Crippen LogP contribution is -2.15. The lowest BCUT2D eigenvalue weighted by atomic mass is 10.3. The number of hydrogen-bond donors (Lipinski definition) is 0. The molecular weight excluding hydrogens is 420 g/mol. The van der Waals surface area contributed by atoms with Crippen LogP contribution >= 0.6 is 43.9 Å². The van der Waals surface area contributed by atoms with E-state index < -0.39 is 0 Å². The number of para-hydroxylation sites is 1. The van der Waals surface area contributed by atoms with Gasteiger partial charge in [0.2, 0.25) is 0 Å². The van der Waals surface area contributed by atoms with Gasteiger partial charge in [-0.2, -0.15) is 0 Å². The molecule has 0 aliphatic carbocycles. The van der Waals surface area contributed by atoms with Gasteiger partial charge in [0.25, 0.3) is 0 Å². The van der Waals surface area contributed by atoms with Crippen LogP contribution < -0.4 is 9.47 Å². The predicted molar refractivity (Wildman–Crippen MR) is 92.1 cm³/mol. The van der Waals surface area contributed by atoms with Crippen molar-refractivity contribution in [2.45, 2.75) is 4.90 Å². The van der Waals surface area contributed by atoms with Crippen molar-refractivity contribution in [2.75, 3.05) is 20.3 Å². The van der Waals surface area contributed by atoms with E-state index in [1.807, 2.05) is 42.5 Å². The molecule has 6 heteroatoms. The molecule has 1 aliphatic rings. The van der Waals surface area contributed by atoms with E-state index in [9.17, 15) is 0 Å². The first-order chi connectivity index (χ1) is 10.2. The highest BCUT2D eigenvalue weighted by atomic mass is 79.9. The summed E-state index contributed by atoms with van der Waals surface area (Å²) in [6.07, 6.45) is 0. The van der Waals surface area contributed by atoms with E-state index in [1.54, 1.807) is 7.11 Å². The van der Waals surface area contributed by atoms with Gasteiger partial charge in [0.05, 0.1) is 11.6 Å². The largest absolute Gasteiger partial charge is 0.486 e. The Morgan fingerprint density at radius 2 is 1.71 bits per heavy atom. The van der Waals surface area contributed by atoms with E-state index in [-0.39, 0.29) is 0 Å². The molecule has 0 bridgehead atoms. The topological polar surface area (TPSA) is 27.7 Å². The molecule has 2 aromatic rings. The molecule has 3 nitrogen and oxygen atoms in total. The van der Waals surface area contributed by atoms with E-state index >= 15 is 0 Å². The van der Waals surface area contributed by atoms with Gasteiger partial charge >= 0.3 is 0 Å². The average Bonchev–Trinajstić information content (AvgIpc) is 2.51. The lowest BCUT2D eigenvalue weighted by molar-refractivity contribution is 0.170. The first-order valence-corrected chi connectivity index (χ1v) is 8.54. The predicted octanol–water partition coefficient (Wildman–Crippen LogP) is 5.32. The first kappa shape index (κ1) is 16.7. The summed E-state index contributed by atoms with van der Waals surface area (Å²) in [5, 5.41) is 0. The zero-order valence-corrected chi connectivity index (χ0v) is 15.3. The van der Waals surface area contributed by atoms with Crippen molar-refractivity contribution in [1.29, 1.82) is 0 Å². The average molecular weight is 434 g/mol. The number of halogens is 2. The fourth-order valence-corrected chi connectivity index (χ4v) is 2.79. The molecular formula is C15H14Br2O3S. The number of ether oxygens (including phenoxy) is 2. The summed E-state index contributed by atoms with van der Waals surface area (Å²) in [4.78, 5) is 1.12. The molecule has 0 aromatic heterocycles. The van der Waals surface area contributed by atoms with Crippen LogP contribution in [-0.4, -0.2) is 20.3 Å². The summed E-state index contributed by atoms with van der Waals surface area (Å²) in [6, 6.07) is 13.7. The normalized spacial score (nSPS) is 12.3. The quantitative estimate of drug-likeness (QED) is 0.598. The molecule has 21 heavy (non-hydrogen) atoms. The minimum Gasteiger partial charge on any atom is -0.486 e. The third-order valence-corrected chi connectivity index (χ3v) is 4.30. The number of benzene rings is 2. The third-order valence-electron chi connectivity index (χ3n) is 2.51. The van der Waals surface area contributed by atoms with Gasteiger partial charge in [-0.25, -0.2) is 0 Å². The Morgan fingerprint density at radius 1 is 1.00 bits per heavy atom. The van der Waals surface area contributed by atoms with Gasteiger partial charge in [-0.1, -0.05) is 22.0 Å². The van der Waals surface area contributed by atoms with Crippen LogP contribution in [0.4, 0.5) is 0 Å². The van der Waals surface area contributed by atoms with E-state index in [0.29, 0.717) is 13.2 Å². The summed E-state index contributed by atoms with van der Waals surface area (Å²) in [6.45, 7) is 1.28. The maximum absolute atomic E-state index is 5.38. The molecule has 0 fully saturated rings. The summed E-state index contributed by atoms with van der Waals surface area (Å²) in [7, 11) is 1.66. The fraction of sp³-hybridized carbons (Fsp3) is 0.200. The highest BCUT2D eigenvalue weighted by molar-refractivity contribution is 9.10. The summed E-state index contributed by atoms with van der Waals surface area (Å²) < 4.78 is 17.6. The molecule has 0 radical (unpaired) electrons. The minimum atomic E-state index is 0.635. The second kappa shape index (κ2) is 8.68. The zero-order valence-electron chi connectivity index (χ0n) is 11.3. The van der Waals surface area contributed by atoms with Gasteiger partial charge in [-0.15, -0.1) is 0 Å². The van der Waals surface area contributed by atoms with Crippen LogP contribution in [0.5, 0.6) is 11.5 Å². The minimum absolute atomic E-state index is 0.635. The molecule has 1 aliphatic heterocycles. The molecule has 0 spiro atoms. The van der Waals surface area contributed by atoms with Crippen LogP contribution in [0.25, 0.3) is 0 Å². The molecule has 0 saturated heterocycles. The monoisotopic (exact) mass is 432 g/mol. The highest BCUT2D eigenvalue weighted by Crippen LogP contribution is 2.36. The molecule has 112 valence electrons. The standard InChI is InChI=1S/C8H7BrO2.C7H7BrOS/c9-6-2-1-3-7-8(6)11-5-4-10-7;1-9-10-7-4-2-6(8)3-5-7/h1-3H,4-5H2;2-5H,1H3. The van der Waals surface area contributed by atoms with Crippen molar-refractivity contribution in [3.8, 4) is 11.5 Å². The van der Waals surface area contributed by atoms with Crippen molar-refractivity contribution < 1.29 is 13.7 Å². The van der Waals surface area contributed by atoms with Gasteiger partial charge in [0, 0.05) is 21.4 Å². The molecule has 0 N–H and O–H groups in total. The van der Waals surface area contributed by atoms with Crippen LogP contribution in [0.15, 0.2) is 56.3 Å². The second-order valence-electron chi connectivity index (χ2n) is 3.97. The summed E-state index contributed by atoms with van der Waals surface area (Å²) >= 11 is 8.09. The van der Waals surface area contributed by atoms with Gasteiger partial charge in [-0.05, 0) is 52.3 Å². The van der Waals surface area contributed by atoms with Gasteiger partial charge in [0.1, 0.15) is 13.2 Å².